The van der Waals surface area contributed by atoms with Crippen LogP contribution in [-0.4, -0.2) is 34.0 Å². The minimum Gasteiger partial charge on any atom is -0.386 e. The van der Waals surface area contributed by atoms with Crippen molar-refractivity contribution >= 4 is 16.6 Å². The highest BCUT2D eigenvalue weighted by Gasteiger charge is 2.44. The molecule has 0 radical (unpaired) electrons. The lowest BCUT2D eigenvalue weighted by Gasteiger charge is -2.49. The molecule has 0 bridgehead atoms. The number of aliphatic hydroxyl groups is 1. The highest BCUT2D eigenvalue weighted by Crippen LogP contribution is 2.34. The van der Waals surface area contributed by atoms with Gasteiger partial charge in [-0.3, -0.25) is 0 Å². The van der Waals surface area contributed by atoms with Gasteiger partial charge < -0.3 is 10.0 Å². The topological polar surface area (TPSA) is 49.2 Å². The third-order valence-corrected chi connectivity index (χ3v) is 3.85. The summed E-state index contributed by atoms with van der Waals surface area (Å²) < 4.78 is 0. The molecule has 1 aliphatic heterocycles. The van der Waals surface area contributed by atoms with Crippen molar-refractivity contribution in [1.29, 1.82) is 0 Å². The Kier molecular flexibility index (Phi) is 2.48. The predicted molar refractivity (Wildman–Crippen MR) is 71.5 cm³/mol. The molecule has 3 rings (SSSR count). The van der Waals surface area contributed by atoms with Crippen molar-refractivity contribution in [2.75, 3.05) is 18.0 Å². The molecule has 4 heteroatoms. The molecule has 2 aromatic rings. The maximum atomic E-state index is 10.3. The fourth-order valence-corrected chi connectivity index (χ4v) is 2.38. The zero-order valence-electron chi connectivity index (χ0n) is 10.7. The Labute approximate surface area is 106 Å². The average molecular weight is 243 g/mol. The zero-order valence-corrected chi connectivity index (χ0v) is 10.7. The highest BCUT2D eigenvalue weighted by atomic mass is 16.3. The van der Waals surface area contributed by atoms with Crippen molar-refractivity contribution in [2.24, 2.45) is 5.92 Å². The van der Waals surface area contributed by atoms with Crippen LogP contribution in [0.15, 0.2) is 30.5 Å². The van der Waals surface area contributed by atoms with Gasteiger partial charge in [-0.15, -0.1) is 5.10 Å². The summed E-state index contributed by atoms with van der Waals surface area (Å²) in [5.41, 5.74) is -0.585. The fraction of sp³-hybridized carbons (Fsp3) is 0.429. The van der Waals surface area contributed by atoms with Crippen LogP contribution in [0.3, 0.4) is 0 Å². The van der Waals surface area contributed by atoms with Gasteiger partial charge in [0.05, 0.1) is 19.3 Å². The third-order valence-electron chi connectivity index (χ3n) is 3.85. The van der Waals surface area contributed by atoms with E-state index in [2.05, 4.69) is 15.1 Å². The third kappa shape index (κ3) is 1.64. The molecule has 4 nitrogen and oxygen atoms in total. The summed E-state index contributed by atoms with van der Waals surface area (Å²) in [7, 11) is 0. The monoisotopic (exact) mass is 243 g/mol. The van der Waals surface area contributed by atoms with Crippen LogP contribution >= 0.6 is 0 Å². The standard InChI is InChI=1S/C14H17N3O/c1-10(2)14(18)8-17(9-14)13-12-6-4-3-5-11(12)7-15-16-13/h3-7,10,18H,8-9H2,1-2H3. The van der Waals surface area contributed by atoms with E-state index in [-0.39, 0.29) is 5.92 Å². The summed E-state index contributed by atoms with van der Waals surface area (Å²) in [6.07, 6.45) is 1.77. The van der Waals surface area contributed by atoms with E-state index >= 15 is 0 Å². The van der Waals surface area contributed by atoms with Crippen LogP contribution in [0.2, 0.25) is 0 Å². The summed E-state index contributed by atoms with van der Waals surface area (Å²) >= 11 is 0. The van der Waals surface area contributed by atoms with Gasteiger partial charge in [0.15, 0.2) is 5.82 Å². The summed E-state index contributed by atoms with van der Waals surface area (Å²) in [5.74, 6) is 1.13. The number of nitrogens with zero attached hydrogens (tertiary/aromatic N) is 3. The minimum absolute atomic E-state index is 0.261. The number of hydrogen-bond acceptors (Lipinski definition) is 4. The van der Waals surface area contributed by atoms with Crippen molar-refractivity contribution in [3.8, 4) is 0 Å². The predicted octanol–water partition coefficient (Wildman–Crippen LogP) is 1.84. The first-order valence-corrected chi connectivity index (χ1v) is 6.28. The van der Waals surface area contributed by atoms with Crippen LogP contribution in [0.25, 0.3) is 10.8 Å². The van der Waals surface area contributed by atoms with Gasteiger partial charge in [0.1, 0.15) is 5.60 Å². The summed E-state index contributed by atoms with van der Waals surface area (Å²) in [4.78, 5) is 2.09. The summed E-state index contributed by atoms with van der Waals surface area (Å²) in [6, 6.07) is 8.07. The maximum Gasteiger partial charge on any atom is 0.159 e. The summed E-state index contributed by atoms with van der Waals surface area (Å²) in [5, 5.41) is 20.7. The van der Waals surface area contributed by atoms with Crippen molar-refractivity contribution in [1.82, 2.24) is 10.2 Å². The lowest BCUT2D eigenvalue weighted by atomic mass is 9.83. The van der Waals surface area contributed by atoms with Gasteiger partial charge in [0, 0.05) is 10.8 Å². The van der Waals surface area contributed by atoms with Crippen LogP contribution < -0.4 is 4.90 Å². The lowest BCUT2D eigenvalue weighted by molar-refractivity contribution is -0.0303. The molecule has 0 spiro atoms. The number of β-amino-alcohol motifs (C(OH)–C–C–N with tert-alkyl or cyclic N) is 1. The second-order valence-electron chi connectivity index (χ2n) is 5.37. The largest absolute Gasteiger partial charge is 0.386 e. The molecule has 2 heterocycles. The minimum atomic E-state index is -0.585. The Balaban J connectivity index is 1.94. The Morgan fingerprint density at radius 1 is 1.28 bits per heavy atom. The van der Waals surface area contributed by atoms with Crippen LogP contribution in [0.5, 0.6) is 0 Å². The first-order valence-electron chi connectivity index (χ1n) is 6.28. The van der Waals surface area contributed by atoms with E-state index in [4.69, 9.17) is 0 Å². The maximum absolute atomic E-state index is 10.3. The number of aromatic nitrogens is 2. The summed E-state index contributed by atoms with van der Waals surface area (Å²) in [6.45, 7) is 5.36. The smallest absolute Gasteiger partial charge is 0.159 e. The van der Waals surface area contributed by atoms with Crippen molar-refractivity contribution in [3.63, 3.8) is 0 Å². The van der Waals surface area contributed by atoms with Crippen molar-refractivity contribution in [2.45, 2.75) is 19.4 Å². The Hall–Kier alpha value is -1.68. The normalized spacial score (nSPS) is 18.1. The van der Waals surface area contributed by atoms with Gasteiger partial charge in [-0.05, 0) is 5.92 Å². The number of hydrogen-bond donors (Lipinski definition) is 1. The SMILES string of the molecule is CC(C)C1(O)CN(c2nncc3ccccc23)C1. The van der Waals surface area contributed by atoms with E-state index < -0.39 is 5.60 Å². The number of benzene rings is 1. The molecule has 1 aromatic heterocycles. The second-order valence-corrected chi connectivity index (χ2v) is 5.37. The first-order chi connectivity index (χ1) is 8.60. The number of anilines is 1. The molecular formula is C14H17N3O. The molecule has 18 heavy (non-hydrogen) atoms. The van der Waals surface area contributed by atoms with Gasteiger partial charge in [-0.25, -0.2) is 0 Å². The molecule has 1 N–H and O–H groups in total. The zero-order chi connectivity index (χ0) is 12.8. The van der Waals surface area contributed by atoms with E-state index in [0.29, 0.717) is 13.1 Å². The number of fused-ring (bicyclic) bond motifs is 1. The highest BCUT2D eigenvalue weighted by molar-refractivity contribution is 5.91. The molecule has 1 aliphatic rings. The molecular weight excluding hydrogens is 226 g/mol. The Morgan fingerprint density at radius 3 is 2.72 bits per heavy atom. The molecule has 0 saturated carbocycles. The molecule has 0 aliphatic carbocycles. The Morgan fingerprint density at radius 2 is 2.00 bits per heavy atom. The van der Waals surface area contributed by atoms with E-state index in [1.54, 1.807) is 6.20 Å². The second kappa shape index (κ2) is 3.92. The van der Waals surface area contributed by atoms with Gasteiger partial charge in [-0.2, -0.15) is 5.10 Å². The van der Waals surface area contributed by atoms with Crippen LogP contribution in [0, 0.1) is 5.92 Å². The van der Waals surface area contributed by atoms with Crippen LogP contribution in [0.1, 0.15) is 13.8 Å². The quantitative estimate of drug-likeness (QED) is 0.874. The Bertz CT molecular complexity index is 571. The molecule has 1 fully saturated rings. The molecule has 94 valence electrons. The van der Waals surface area contributed by atoms with Crippen molar-refractivity contribution < 1.29 is 5.11 Å². The molecule has 0 unspecified atom stereocenters. The fourth-order valence-electron chi connectivity index (χ4n) is 2.38. The van der Waals surface area contributed by atoms with E-state index in [0.717, 1.165) is 16.6 Å². The van der Waals surface area contributed by atoms with Gasteiger partial charge in [-0.1, -0.05) is 38.1 Å². The van der Waals surface area contributed by atoms with Gasteiger partial charge in [0.25, 0.3) is 0 Å². The van der Waals surface area contributed by atoms with E-state index in [9.17, 15) is 5.11 Å². The first kappa shape index (κ1) is 11.4. The van der Waals surface area contributed by atoms with Crippen LogP contribution in [0.4, 0.5) is 5.82 Å². The molecule has 0 atom stereocenters. The molecule has 1 saturated heterocycles. The number of rotatable bonds is 2. The molecule has 0 amide bonds. The lowest BCUT2D eigenvalue weighted by Crippen LogP contribution is -2.65. The van der Waals surface area contributed by atoms with E-state index in [1.165, 1.54) is 0 Å². The van der Waals surface area contributed by atoms with E-state index in [1.807, 2.05) is 38.1 Å². The van der Waals surface area contributed by atoms with Crippen molar-refractivity contribution in [3.05, 3.63) is 30.5 Å². The molecule has 1 aromatic carbocycles. The van der Waals surface area contributed by atoms with Gasteiger partial charge in [0.2, 0.25) is 0 Å². The van der Waals surface area contributed by atoms with Gasteiger partial charge >= 0.3 is 0 Å². The van der Waals surface area contributed by atoms with Crippen LogP contribution in [-0.2, 0) is 0 Å². The average Bonchev–Trinajstić information content (AvgIpc) is 2.34.